The number of fused-ring (bicyclic) bond motifs is 7. The van der Waals surface area contributed by atoms with E-state index in [0.717, 1.165) is 24.8 Å². The number of allylic oxidation sites excluding steroid dienone is 2. The summed E-state index contributed by atoms with van der Waals surface area (Å²) >= 11 is 0. The van der Waals surface area contributed by atoms with Crippen LogP contribution in [0.25, 0.3) is 0 Å². The van der Waals surface area contributed by atoms with Crippen molar-refractivity contribution in [2.24, 2.45) is 50.7 Å². The van der Waals surface area contributed by atoms with Gasteiger partial charge in [-0.25, -0.2) is 0 Å². The Bertz CT molecular complexity index is 2310. The van der Waals surface area contributed by atoms with Crippen molar-refractivity contribution < 1.29 is 129 Å². The summed E-state index contributed by atoms with van der Waals surface area (Å²) in [5.74, 6) is -0.825. The van der Waals surface area contributed by atoms with E-state index in [1.54, 1.807) is 0 Å². The largest absolute Gasteiger partial charge is 0.432 e. The van der Waals surface area contributed by atoms with Crippen molar-refractivity contribution in [3.63, 3.8) is 0 Å². The molecule has 15 N–H and O–H groups in total. The summed E-state index contributed by atoms with van der Waals surface area (Å²) in [4.78, 5) is 15.2. The van der Waals surface area contributed by atoms with Gasteiger partial charge in [-0.2, -0.15) is 0 Å². The van der Waals surface area contributed by atoms with Gasteiger partial charge >= 0.3 is 5.97 Å². The van der Waals surface area contributed by atoms with Crippen LogP contribution < -0.4 is 0 Å². The molecule has 0 aromatic rings. The molecular formula is C58H94O26. The third-order valence-corrected chi connectivity index (χ3v) is 22.9. The molecule has 0 bridgehead atoms. The summed E-state index contributed by atoms with van der Waals surface area (Å²) in [6.45, 7) is 12.6. The molecule has 26 heteroatoms. The molecule has 4 saturated carbocycles. The zero-order valence-corrected chi connectivity index (χ0v) is 48.9. The van der Waals surface area contributed by atoms with Crippen LogP contribution in [0.5, 0.6) is 0 Å². The molecule has 0 spiro atoms. The lowest BCUT2D eigenvalue weighted by atomic mass is 9.34. The molecule has 10 aliphatic rings. The molecule has 33 atom stereocenters. The van der Waals surface area contributed by atoms with E-state index in [1.165, 1.54) is 13.8 Å². The van der Waals surface area contributed by atoms with E-state index in [4.69, 9.17) is 47.4 Å². The Kier molecular flexibility index (Phi) is 19.0. The normalized spacial score (nSPS) is 54.9. The molecule has 5 saturated heterocycles. The average molecular weight is 1210 g/mol. The zero-order chi connectivity index (χ0) is 61.1. The lowest BCUT2D eigenvalue weighted by Crippen LogP contribution is -2.66. The molecule has 5 aliphatic heterocycles. The molecule has 0 aromatic heterocycles. The SMILES string of the molecule is C[C@@H]1O[C@@H](O[C@H]2[C@H](O[C@H]3CC[C@]4(C)[C@H]5CC=C6[C@@H]7C[C@H](CO)CC[C@]7(C(=O)O[C@@H]7O[C@H](CO[C@@H]8O[C@H](CO)[C@@H](O[C@@H]9O[C@@H](C)[C@H](O)[C@@H](O)[C@H]9O)[C@H](O)[C@H]8O)[C@@H](O)[C@H](O)[C@H]7O)CC[C@@]6(C)[C@]5(C)CC[C@H]4C3(C)C)OC[C@H](O)[C@@H]2O)[C@H](O)[C@H](O)[C@H]1O. The van der Waals surface area contributed by atoms with E-state index in [9.17, 15) is 76.6 Å². The van der Waals surface area contributed by atoms with Gasteiger partial charge in [0.15, 0.2) is 25.2 Å². The summed E-state index contributed by atoms with van der Waals surface area (Å²) < 4.78 is 59.4. The Morgan fingerprint density at radius 2 is 1.15 bits per heavy atom. The highest BCUT2D eigenvalue weighted by molar-refractivity contribution is 5.79. The highest BCUT2D eigenvalue weighted by Crippen LogP contribution is 2.75. The monoisotopic (exact) mass is 1210 g/mol. The quantitative estimate of drug-likeness (QED) is 0.0498. The van der Waals surface area contributed by atoms with E-state index >= 15 is 4.79 Å². The van der Waals surface area contributed by atoms with Gasteiger partial charge in [-0.1, -0.05) is 46.3 Å². The summed E-state index contributed by atoms with van der Waals surface area (Å²) in [5.41, 5.74) is -1.32. The van der Waals surface area contributed by atoms with Crippen LogP contribution in [0.4, 0.5) is 0 Å². The number of ether oxygens (including phenoxy) is 10. The van der Waals surface area contributed by atoms with Crippen LogP contribution in [-0.2, 0) is 52.2 Å². The van der Waals surface area contributed by atoms with Crippen LogP contribution in [0.15, 0.2) is 11.6 Å². The highest BCUT2D eigenvalue weighted by Gasteiger charge is 2.70. The molecule has 10 rings (SSSR count). The van der Waals surface area contributed by atoms with E-state index in [0.29, 0.717) is 44.9 Å². The van der Waals surface area contributed by atoms with Crippen molar-refractivity contribution in [3.8, 4) is 0 Å². The van der Waals surface area contributed by atoms with Crippen LogP contribution in [0, 0.1) is 50.7 Å². The van der Waals surface area contributed by atoms with Crippen LogP contribution in [0.2, 0.25) is 0 Å². The molecule has 0 radical (unpaired) electrons. The van der Waals surface area contributed by atoms with Crippen LogP contribution in [0.3, 0.4) is 0 Å². The highest BCUT2D eigenvalue weighted by atomic mass is 16.8. The minimum Gasteiger partial charge on any atom is -0.432 e. The second-order valence-electron chi connectivity index (χ2n) is 27.6. The number of esters is 1. The lowest BCUT2D eigenvalue weighted by molar-refractivity contribution is -0.364. The van der Waals surface area contributed by atoms with Crippen molar-refractivity contribution in [2.45, 2.75) is 266 Å². The van der Waals surface area contributed by atoms with Crippen LogP contribution in [-0.4, -0.2) is 263 Å². The van der Waals surface area contributed by atoms with E-state index in [1.807, 2.05) is 0 Å². The van der Waals surface area contributed by atoms with Gasteiger partial charge < -0.3 is 124 Å². The summed E-state index contributed by atoms with van der Waals surface area (Å²) in [6, 6.07) is 0. The zero-order valence-electron chi connectivity index (χ0n) is 48.9. The maximum absolute atomic E-state index is 15.2. The molecule has 26 nitrogen and oxygen atoms in total. The first kappa shape index (κ1) is 65.2. The molecule has 9 fully saturated rings. The Morgan fingerprint density at radius 1 is 0.560 bits per heavy atom. The predicted octanol–water partition coefficient (Wildman–Crippen LogP) is -2.93. The third-order valence-electron chi connectivity index (χ3n) is 22.9. The Morgan fingerprint density at radius 3 is 1.79 bits per heavy atom. The number of hydrogen-bond donors (Lipinski definition) is 15. The lowest BCUT2D eigenvalue weighted by Gasteiger charge is -2.71. The summed E-state index contributed by atoms with van der Waals surface area (Å²) in [5, 5.41) is 161. The molecule has 0 amide bonds. The molecule has 482 valence electrons. The number of carbonyl (C=O) groups excluding carboxylic acids is 1. The minimum atomic E-state index is -1.91. The smallest absolute Gasteiger partial charge is 0.315 e. The van der Waals surface area contributed by atoms with Crippen LogP contribution >= 0.6 is 0 Å². The average Bonchev–Trinajstić information content (AvgIpc) is 0.763. The van der Waals surface area contributed by atoms with Gasteiger partial charge in [-0.15, -0.1) is 0 Å². The first-order valence-electron chi connectivity index (χ1n) is 30.3. The fourth-order valence-electron chi connectivity index (χ4n) is 17.4. The number of carbonyl (C=O) groups is 1. The van der Waals surface area contributed by atoms with E-state index < -0.39 is 189 Å². The van der Waals surface area contributed by atoms with E-state index in [-0.39, 0.29) is 47.7 Å². The number of rotatable bonds is 13. The first-order valence-corrected chi connectivity index (χ1v) is 30.3. The Hall–Kier alpha value is -1.75. The van der Waals surface area contributed by atoms with Gasteiger partial charge in [0, 0.05) is 6.61 Å². The second kappa shape index (κ2) is 24.5. The first-order chi connectivity index (χ1) is 39.5. The van der Waals surface area contributed by atoms with Gasteiger partial charge in [0.1, 0.15) is 104 Å². The van der Waals surface area contributed by atoms with Crippen molar-refractivity contribution in [2.75, 3.05) is 26.4 Å². The van der Waals surface area contributed by atoms with E-state index in [2.05, 4.69) is 40.7 Å². The Balaban J connectivity index is 0.823. The topological polar surface area (TPSA) is 413 Å². The fourth-order valence-corrected chi connectivity index (χ4v) is 17.4. The Labute approximate surface area is 488 Å². The number of aliphatic hydroxyl groups excluding tert-OH is 15. The summed E-state index contributed by atoms with van der Waals surface area (Å²) in [6.07, 6.45) is -29.2. The molecular weight excluding hydrogens is 1110 g/mol. The minimum absolute atomic E-state index is 0.0868. The number of hydrogen-bond acceptors (Lipinski definition) is 26. The maximum Gasteiger partial charge on any atom is 0.315 e. The van der Waals surface area contributed by atoms with Crippen molar-refractivity contribution in [1.82, 2.24) is 0 Å². The molecule has 0 aromatic carbocycles. The van der Waals surface area contributed by atoms with Gasteiger partial charge in [-0.05, 0) is 123 Å². The van der Waals surface area contributed by atoms with Gasteiger partial charge in [0.2, 0.25) is 6.29 Å². The summed E-state index contributed by atoms with van der Waals surface area (Å²) in [7, 11) is 0. The fraction of sp³-hybridized carbons (Fsp3) is 0.948. The van der Waals surface area contributed by atoms with Gasteiger partial charge in [0.05, 0.1) is 43.5 Å². The molecule has 5 heterocycles. The van der Waals surface area contributed by atoms with Crippen molar-refractivity contribution in [3.05, 3.63) is 11.6 Å². The predicted molar refractivity (Wildman–Crippen MR) is 283 cm³/mol. The molecule has 5 aliphatic carbocycles. The maximum atomic E-state index is 15.2. The van der Waals surface area contributed by atoms with Gasteiger partial charge in [-0.3, -0.25) is 4.79 Å². The second-order valence-corrected chi connectivity index (χ2v) is 27.6. The van der Waals surface area contributed by atoms with Crippen molar-refractivity contribution in [1.29, 1.82) is 0 Å². The van der Waals surface area contributed by atoms with Crippen LogP contribution in [0.1, 0.15) is 113 Å². The van der Waals surface area contributed by atoms with Gasteiger partial charge in [0.25, 0.3) is 0 Å². The standard InChI is InChI=1S/C58H94O26/c1-23-34(62)38(66)42(70)49(77-23)82-46-29(20-60)79-48(45(73)41(46)69)76-22-30-37(65)40(68)44(72)51(80-30)84-53(74)58-15-10-25(19-59)18-27(58)26-8-9-32-55(5)13-12-33(54(3,4)31(55)11-14-57(32,7)56(26,6)16-17-58)81-52-47(36(64)28(61)21-75-52)83-50-43(71)39(67)35(63)24(2)78-50/h8,23-25,27-52,59-73H,9-22H2,1-7H3/t23-,24-,25+,27-,28-,29+,30+,31-,32+,33-,34-,35-,36-,37+,38+,39+,40-,41+,42+,43+,44+,45+,46+,47+,48+,49-,50-,51-,52-,55-,56+,57+,58-/m0/s1. The molecule has 84 heavy (non-hydrogen) atoms. The third kappa shape index (κ3) is 10.9. The molecule has 0 unspecified atom stereocenters. The van der Waals surface area contributed by atoms with Crippen molar-refractivity contribution >= 4 is 5.97 Å². The number of aliphatic hydroxyl groups is 15.